The van der Waals surface area contributed by atoms with Crippen molar-refractivity contribution in [2.75, 3.05) is 11.6 Å². The van der Waals surface area contributed by atoms with Gasteiger partial charge in [-0.25, -0.2) is 4.99 Å². The Labute approximate surface area is 293 Å². The van der Waals surface area contributed by atoms with Crippen molar-refractivity contribution < 1.29 is 0 Å². The molecule has 0 saturated carbocycles. The third-order valence-electron chi connectivity index (χ3n) is 9.07. The molecule has 1 aliphatic heterocycles. The Hall–Kier alpha value is -6.36. The zero-order valence-corrected chi connectivity index (χ0v) is 27.7. The van der Waals surface area contributed by atoms with Crippen LogP contribution in [0.2, 0.25) is 0 Å². The van der Waals surface area contributed by atoms with Gasteiger partial charge < -0.3 is 10.6 Å². The Morgan fingerprint density at radius 3 is 1.72 bits per heavy atom. The van der Waals surface area contributed by atoms with Crippen molar-refractivity contribution in [2.45, 2.75) is 6.42 Å². The van der Waals surface area contributed by atoms with Crippen molar-refractivity contribution in [3.05, 3.63) is 210 Å². The van der Waals surface area contributed by atoms with Gasteiger partial charge in [0.2, 0.25) is 0 Å². The molecule has 240 valence electrons. The maximum atomic E-state index is 6.04. The van der Waals surface area contributed by atoms with Gasteiger partial charge in [-0.15, -0.1) is 0 Å². The van der Waals surface area contributed by atoms with Gasteiger partial charge in [-0.3, -0.25) is 4.99 Å². The van der Waals surface area contributed by atoms with Crippen LogP contribution >= 0.6 is 0 Å². The third-order valence-corrected chi connectivity index (χ3v) is 9.07. The van der Waals surface area contributed by atoms with Crippen LogP contribution in [0.25, 0.3) is 22.3 Å². The van der Waals surface area contributed by atoms with Gasteiger partial charge in [0, 0.05) is 33.8 Å². The van der Waals surface area contributed by atoms with Gasteiger partial charge >= 0.3 is 0 Å². The smallest absolute Gasteiger partial charge is 0.156 e. The minimum absolute atomic E-state index is 0.141. The van der Waals surface area contributed by atoms with Crippen molar-refractivity contribution in [3.8, 4) is 22.3 Å². The van der Waals surface area contributed by atoms with Crippen LogP contribution in [0.3, 0.4) is 0 Å². The molecule has 0 aliphatic carbocycles. The number of nitrogens with two attached hydrogens (primary N) is 1. The molecule has 0 unspecified atom stereocenters. The quantitative estimate of drug-likeness (QED) is 0.207. The van der Waals surface area contributed by atoms with Crippen molar-refractivity contribution in [1.82, 2.24) is 0 Å². The van der Waals surface area contributed by atoms with Crippen molar-refractivity contribution >= 4 is 28.6 Å². The molecular weight excluding hydrogens is 609 g/mol. The van der Waals surface area contributed by atoms with Crippen LogP contribution in [0.1, 0.15) is 27.8 Å². The van der Waals surface area contributed by atoms with E-state index in [1.165, 1.54) is 22.3 Å². The lowest BCUT2D eigenvalue weighted by Crippen LogP contribution is -2.11. The fourth-order valence-corrected chi connectivity index (χ4v) is 6.69. The Morgan fingerprint density at radius 2 is 0.980 bits per heavy atom. The molecule has 50 heavy (non-hydrogen) atoms. The van der Waals surface area contributed by atoms with Gasteiger partial charge in [-0.05, 0) is 88.3 Å². The molecule has 8 bridgehead atoms. The first-order valence-electron chi connectivity index (χ1n) is 17.0. The zero-order valence-electron chi connectivity index (χ0n) is 27.7. The summed E-state index contributed by atoms with van der Waals surface area (Å²) in [7, 11) is 0. The van der Waals surface area contributed by atoms with E-state index in [1.807, 2.05) is 18.2 Å². The summed E-state index contributed by atoms with van der Waals surface area (Å²) in [6.07, 6.45) is 0.758. The van der Waals surface area contributed by atoms with Crippen LogP contribution in [-0.4, -0.2) is 18.2 Å². The molecule has 7 aromatic carbocycles. The van der Waals surface area contributed by atoms with Crippen molar-refractivity contribution in [2.24, 2.45) is 15.7 Å². The predicted octanol–water partition coefficient (Wildman–Crippen LogP) is 10.6. The summed E-state index contributed by atoms with van der Waals surface area (Å²) in [5, 5.41) is 0. The normalized spacial score (nSPS) is 13.4. The van der Waals surface area contributed by atoms with Crippen LogP contribution < -0.4 is 10.6 Å². The SMILES string of the molecule is NCN=C1N=C(c2ccccc2)c2cccc(c2)-c2cccc(c2)N(c2ccc(-c3ccccc3)cc2)c2cccc(c2)Cc2cccc1c2. The Balaban J connectivity index is 1.33. The first-order chi connectivity index (χ1) is 24.7. The number of nitrogens with zero attached hydrogens (tertiary/aromatic N) is 3. The monoisotopic (exact) mass is 644 g/mol. The fraction of sp³-hybridized carbons (Fsp3) is 0.0435. The van der Waals surface area contributed by atoms with E-state index < -0.39 is 0 Å². The standard InChI is InChI=1S/C46H36N4/c47-32-48-46-41-20-7-11-33(28-41)27-34-12-8-21-43(29-34)50(42-25-23-36(24-26-42)35-13-3-1-4-14-35)44-22-10-18-39(31-44)38-17-9-19-40(30-38)45(49-46)37-15-5-2-6-16-37/h1-26,28-31H,27,32,47H2. The molecule has 4 heteroatoms. The number of hydrogen-bond acceptors (Lipinski definition) is 3. The molecule has 8 rings (SSSR count). The summed E-state index contributed by atoms with van der Waals surface area (Å²) in [6.45, 7) is 0.141. The summed E-state index contributed by atoms with van der Waals surface area (Å²) in [5.74, 6) is 0.615. The molecule has 1 aliphatic rings. The van der Waals surface area contributed by atoms with Gasteiger partial charge in [-0.1, -0.05) is 133 Å². The highest BCUT2D eigenvalue weighted by atomic mass is 15.1. The summed E-state index contributed by atoms with van der Waals surface area (Å²) in [5.41, 5.74) is 20.1. The molecule has 0 aromatic heterocycles. The molecule has 0 fully saturated rings. The minimum atomic E-state index is 0.141. The molecule has 0 atom stereocenters. The highest BCUT2D eigenvalue weighted by molar-refractivity contribution is 6.20. The highest BCUT2D eigenvalue weighted by Gasteiger charge is 2.17. The summed E-state index contributed by atoms with van der Waals surface area (Å²) in [6, 6.07) is 64.4. The average Bonchev–Trinajstić information content (AvgIpc) is 3.18. The van der Waals surface area contributed by atoms with Crippen molar-refractivity contribution in [3.63, 3.8) is 0 Å². The van der Waals surface area contributed by atoms with E-state index in [1.54, 1.807) is 0 Å². The topological polar surface area (TPSA) is 54.0 Å². The lowest BCUT2D eigenvalue weighted by Gasteiger charge is -2.27. The lowest BCUT2D eigenvalue weighted by molar-refractivity contribution is 1.06. The van der Waals surface area contributed by atoms with Gasteiger partial charge in [0.05, 0.1) is 12.4 Å². The number of benzene rings is 7. The number of aliphatic imine (C=N–C) groups is 2. The van der Waals surface area contributed by atoms with Crippen molar-refractivity contribution in [1.29, 1.82) is 0 Å². The molecule has 0 saturated heterocycles. The summed E-state index contributed by atoms with van der Waals surface area (Å²) < 4.78 is 0. The zero-order chi connectivity index (χ0) is 33.7. The van der Waals surface area contributed by atoms with E-state index in [0.29, 0.717) is 5.84 Å². The van der Waals surface area contributed by atoms with E-state index in [9.17, 15) is 0 Å². The van der Waals surface area contributed by atoms with Crippen LogP contribution in [-0.2, 0) is 6.42 Å². The molecular formula is C46H36N4. The maximum Gasteiger partial charge on any atom is 0.156 e. The Morgan fingerprint density at radius 1 is 0.440 bits per heavy atom. The van der Waals surface area contributed by atoms with Gasteiger partial charge in [0.25, 0.3) is 0 Å². The fourth-order valence-electron chi connectivity index (χ4n) is 6.69. The first-order valence-corrected chi connectivity index (χ1v) is 17.0. The molecule has 4 nitrogen and oxygen atoms in total. The van der Waals surface area contributed by atoms with Crippen LogP contribution in [0, 0.1) is 0 Å². The molecule has 0 radical (unpaired) electrons. The molecule has 1 heterocycles. The third kappa shape index (κ3) is 6.53. The number of amidine groups is 1. The predicted molar refractivity (Wildman–Crippen MR) is 209 cm³/mol. The van der Waals surface area contributed by atoms with Gasteiger partial charge in [0.1, 0.15) is 0 Å². The lowest BCUT2D eigenvalue weighted by atomic mass is 9.97. The number of anilines is 3. The molecule has 7 aromatic rings. The summed E-state index contributed by atoms with van der Waals surface area (Å²) >= 11 is 0. The number of hydrogen-bond donors (Lipinski definition) is 1. The second-order valence-corrected chi connectivity index (χ2v) is 12.4. The molecule has 2 N–H and O–H groups in total. The van der Waals surface area contributed by atoms with E-state index >= 15 is 0 Å². The second-order valence-electron chi connectivity index (χ2n) is 12.4. The second kappa shape index (κ2) is 14.0. The van der Waals surface area contributed by atoms with E-state index in [2.05, 4.69) is 169 Å². The van der Waals surface area contributed by atoms with E-state index in [-0.39, 0.29) is 6.67 Å². The largest absolute Gasteiger partial charge is 0.312 e. The van der Waals surface area contributed by atoms with E-state index in [0.717, 1.165) is 57.0 Å². The average molecular weight is 645 g/mol. The minimum Gasteiger partial charge on any atom is -0.312 e. The Bertz CT molecular complexity index is 2320. The molecule has 0 spiro atoms. The first kappa shape index (κ1) is 30.9. The molecule has 0 amide bonds. The maximum absolute atomic E-state index is 6.04. The van der Waals surface area contributed by atoms with E-state index in [4.69, 9.17) is 15.7 Å². The van der Waals surface area contributed by atoms with Gasteiger partial charge in [0.15, 0.2) is 5.84 Å². The summed E-state index contributed by atoms with van der Waals surface area (Å²) in [4.78, 5) is 12.3. The van der Waals surface area contributed by atoms with Crippen LogP contribution in [0.5, 0.6) is 0 Å². The van der Waals surface area contributed by atoms with Gasteiger partial charge in [-0.2, -0.15) is 0 Å². The number of rotatable bonds is 4. The Kier molecular flexibility index (Phi) is 8.67. The highest BCUT2D eigenvalue weighted by Crippen LogP contribution is 2.38. The number of fused-ring (bicyclic) bond motifs is 9. The van der Waals surface area contributed by atoms with Crippen LogP contribution in [0.4, 0.5) is 17.1 Å². The van der Waals surface area contributed by atoms with Crippen LogP contribution in [0.15, 0.2) is 192 Å².